The van der Waals surface area contributed by atoms with Gasteiger partial charge in [0.15, 0.2) is 5.82 Å². The van der Waals surface area contributed by atoms with Crippen molar-refractivity contribution in [1.82, 2.24) is 24.4 Å². The molecule has 8 nitrogen and oxygen atoms in total. The van der Waals surface area contributed by atoms with Gasteiger partial charge in [0.1, 0.15) is 24.6 Å². The molecule has 1 fully saturated rings. The molecular formula is C18H18N6O2. The monoisotopic (exact) mass is 350 g/mol. The first-order valence-corrected chi connectivity index (χ1v) is 8.47. The summed E-state index contributed by atoms with van der Waals surface area (Å²) >= 11 is 0. The highest BCUT2D eigenvalue weighted by molar-refractivity contribution is 5.77. The Balaban J connectivity index is 1.55. The number of hydrogen-bond donors (Lipinski definition) is 0. The lowest BCUT2D eigenvalue weighted by Crippen LogP contribution is -2.38. The van der Waals surface area contributed by atoms with Gasteiger partial charge in [0.05, 0.1) is 30.4 Å². The summed E-state index contributed by atoms with van der Waals surface area (Å²) in [5, 5.41) is 9.40. The Morgan fingerprint density at radius 2 is 2.04 bits per heavy atom. The number of fused-ring (bicyclic) bond motifs is 1. The van der Waals surface area contributed by atoms with Crippen LogP contribution in [0.5, 0.6) is 6.01 Å². The number of benzene rings is 1. The highest BCUT2D eigenvalue weighted by Gasteiger charge is 2.14. The molecule has 1 aromatic carbocycles. The van der Waals surface area contributed by atoms with Crippen LogP contribution < -0.4 is 4.74 Å². The quantitative estimate of drug-likeness (QED) is 0.687. The van der Waals surface area contributed by atoms with Crippen molar-refractivity contribution in [3.05, 3.63) is 42.4 Å². The molecule has 0 N–H and O–H groups in total. The zero-order valence-corrected chi connectivity index (χ0v) is 14.2. The number of aromatic nitrogens is 4. The first kappa shape index (κ1) is 16.4. The van der Waals surface area contributed by atoms with Crippen molar-refractivity contribution in [2.24, 2.45) is 0 Å². The number of imidazole rings is 1. The van der Waals surface area contributed by atoms with Gasteiger partial charge in [-0.15, -0.1) is 0 Å². The Kier molecular flexibility index (Phi) is 4.73. The van der Waals surface area contributed by atoms with E-state index in [1.165, 1.54) is 6.20 Å². The molecule has 1 aliphatic heterocycles. The van der Waals surface area contributed by atoms with Crippen LogP contribution in [0, 0.1) is 11.3 Å². The first-order chi connectivity index (χ1) is 12.8. The predicted octanol–water partition coefficient (Wildman–Crippen LogP) is 1.40. The summed E-state index contributed by atoms with van der Waals surface area (Å²) in [5.41, 5.74) is 2.08. The van der Waals surface area contributed by atoms with E-state index in [0.717, 1.165) is 43.9 Å². The maximum atomic E-state index is 9.40. The third-order valence-corrected chi connectivity index (χ3v) is 4.29. The smallest absolute Gasteiger partial charge is 0.318 e. The van der Waals surface area contributed by atoms with Crippen LogP contribution in [0.1, 0.15) is 5.56 Å². The van der Waals surface area contributed by atoms with Crippen LogP contribution in [0.2, 0.25) is 0 Å². The van der Waals surface area contributed by atoms with Crippen LogP contribution >= 0.6 is 0 Å². The van der Waals surface area contributed by atoms with Crippen molar-refractivity contribution in [3.63, 3.8) is 0 Å². The number of nitriles is 1. The zero-order valence-electron chi connectivity index (χ0n) is 14.2. The molecule has 0 saturated carbocycles. The SMILES string of the molecule is N#Cc1cnc(OCCN2CCOCC2)nc1-n1cnc2ccccc21. The molecule has 8 heteroatoms. The molecule has 26 heavy (non-hydrogen) atoms. The fraction of sp³-hybridized carbons (Fsp3) is 0.333. The average molecular weight is 350 g/mol. The van der Waals surface area contributed by atoms with Crippen LogP contribution in [0.25, 0.3) is 16.9 Å². The summed E-state index contributed by atoms with van der Waals surface area (Å²) < 4.78 is 12.8. The summed E-state index contributed by atoms with van der Waals surface area (Å²) in [6.07, 6.45) is 3.15. The molecule has 4 rings (SSSR count). The van der Waals surface area contributed by atoms with E-state index in [1.807, 2.05) is 24.3 Å². The summed E-state index contributed by atoms with van der Waals surface area (Å²) in [5.74, 6) is 0.470. The summed E-state index contributed by atoms with van der Waals surface area (Å²) in [6.45, 7) is 4.59. The molecule has 3 aromatic rings. The fourth-order valence-corrected chi connectivity index (χ4v) is 2.91. The second-order valence-electron chi connectivity index (χ2n) is 5.91. The number of ether oxygens (including phenoxy) is 2. The normalized spacial score (nSPS) is 15.0. The highest BCUT2D eigenvalue weighted by atomic mass is 16.5. The molecule has 0 unspecified atom stereocenters. The molecule has 0 amide bonds. The van der Waals surface area contributed by atoms with Gasteiger partial charge in [-0.05, 0) is 12.1 Å². The number of hydrogen-bond acceptors (Lipinski definition) is 7. The summed E-state index contributed by atoms with van der Waals surface area (Å²) in [6, 6.07) is 10.1. The standard InChI is InChI=1S/C18H18N6O2/c19-11-14-12-20-18(26-10-7-23-5-8-25-9-6-23)22-17(14)24-13-21-15-3-1-2-4-16(15)24/h1-4,12-13H,5-10H2. The molecule has 0 bridgehead atoms. The number of para-hydroxylation sites is 2. The Hall–Kier alpha value is -3.02. The molecule has 0 aliphatic carbocycles. The molecule has 3 heterocycles. The van der Waals surface area contributed by atoms with Gasteiger partial charge in [-0.1, -0.05) is 12.1 Å². The van der Waals surface area contributed by atoms with Gasteiger partial charge in [0, 0.05) is 19.6 Å². The molecular weight excluding hydrogens is 332 g/mol. The van der Waals surface area contributed by atoms with E-state index in [1.54, 1.807) is 10.9 Å². The largest absolute Gasteiger partial charge is 0.462 e. The number of nitrogens with zero attached hydrogens (tertiary/aromatic N) is 6. The van der Waals surface area contributed by atoms with Crippen molar-refractivity contribution in [3.8, 4) is 17.9 Å². The van der Waals surface area contributed by atoms with Crippen molar-refractivity contribution < 1.29 is 9.47 Å². The maximum absolute atomic E-state index is 9.40. The van der Waals surface area contributed by atoms with Gasteiger partial charge >= 0.3 is 6.01 Å². The van der Waals surface area contributed by atoms with E-state index in [-0.39, 0.29) is 6.01 Å². The summed E-state index contributed by atoms with van der Waals surface area (Å²) in [4.78, 5) is 15.2. The van der Waals surface area contributed by atoms with E-state index in [0.29, 0.717) is 18.0 Å². The Labute approximate surface area is 150 Å². The van der Waals surface area contributed by atoms with Crippen LogP contribution in [-0.2, 0) is 4.74 Å². The van der Waals surface area contributed by atoms with Gasteiger partial charge in [-0.25, -0.2) is 9.97 Å². The van der Waals surface area contributed by atoms with Gasteiger partial charge in [0.25, 0.3) is 0 Å². The second-order valence-corrected chi connectivity index (χ2v) is 5.91. The summed E-state index contributed by atoms with van der Waals surface area (Å²) in [7, 11) is 0. The van der Waals surface area contributed by atoms with E-state index < -0.39 is 0 Å². The third kappa shape index (κ3) is 3.35. The lowest BCUT2D eigenvalue weighted by atomic mass is 10.3. The van der Waals surface area contributed by atoms with Gasteiger partial charge < -0.3 is 9.47 Å². The van der Waals surface area contributed by atoms with E-state index in [4.69, 9.17) is 9.47 Å². The predicted molar refractivity (Wildman–Crippen MR) is 94.1 cm³/mol. The minimum atomic E-state index is 0.255. The van der Waals surface area contributed by atoms with Crippen LogP contribution in [-0.4, -0.2) is 63.9 Å². The minimum absolute atomic E-state index is 0.255. The number of morpholine rings is 1. The van der Waals surface area contributed by atoms with E-state index >= 15 is 0 Å². The molecule has 1 aliphatic rings. The van der Waals surface area contributed by atoms with Crippen LogP contribution in [0.3, 0.4) is 0 Å². The first-order valence-electron chi connectivity index (χ1n) is 8.47. The fourth-order valence-electron chi connectivity index (χ4n) is 2.91. The van der Waals surface area contributed by atoms with Crippen molar-refractivity contribution >= 4 is 11.0 Å². The highest BCUT2D eigenvalue weighted by Crippen LogP contribution is 2.20. The van der Waals surface area contributed by atoms with Gasteiger partial charge in [-0.3, -0.25) is 9.47 Å². The lowest BCUT2D eigenvalue weighted by Gasteiger charge is -2.26. The molecule has 2 aromatic heterocycles. The minimum Gasteiger partial charge on any atom is -0.462 e. The maximum Gasteiger partial charge on any atom is 0.318 e. The molecule has 132 valence electrons. The molecule has 1 saturated heterocycles. The lowest BCUT2D eigenvalue weighted by molar-refractivity contribution is 0.0317. The van der Waals surface area contributed by atoms with Crippen LogP contribution in [0.15, 0.2) is 36.8 Å². The van der Waals surface area contributed by atoms with Crippen molar-refractivity contribution in [1.29, 1.82) is 5.26 Å². The van der Waals surface area contributed by atoms with Crippen LogP contribution in [0.4, 0.5) is 0 Å². The Morgan fingerprint density at radius 3 is 2.88 bits per heavy atom. The van der Waals surface area contributed by atoms with Crippen molar-refractivity contribution in [2.45, 2.75) is 0 Å². The average Bonchev–Trinajstić information content (AvgIpc) is 3.13. The molecule has 0 spiro atoms. The van der Waals surface area contributed by atoms with Crippen molar-refractivity contribution in [2.75, 3.05) is 39.5 Å². The third-order valence-electron chi connectivity index (χ3n) is 4.29. The second kappa shape index (κ2) is 7.47. The van der Waals surface area contributed by atoms with Gasteiger partial charge in [0.2, 0.25) is 0 Å². The molecule has 0 radical (unpaired) electrons. The van der Waals surface area contributed by atoms with E-state index in [9.17, 15) is 5.26 Å². The van der Waals surface area contributed by atoms with Gasteiger partial charge in [-0.2, -0.15) is 10.2 Å². The molecule has 0 atom stereocenters. The number of rotatable bonds is 5. The Bertz CT molecular complexity index is 942. The zero-order chi connectivity index (χ0) is 17.8. The Morgan fingerprint density at radius 1 is 1.19 bits per heavy atom. The topological polar surface area (TPSA) is 89.1 Å². The van der Waals surface area contributed by atoms with E-state index in [2.05, 4.69) is 25.9 Å².